The molecule has 0 spiro atoms. The molecule has 170 valence electrons. The summed E-state index contributed by atoms with van der Waals surface area (Å²) in [6.45, 7) is 0.0688. The molecule has 0 radical (unpaired) electrons. The van der Waals surface area contributed by atoms with Crippen molar-refractivity contribution >= 4 is 26.9 Å². The molecule has 11 heteroatoms. The van der Waals surface area contributed by atoms with Crippen LogP contribution in [0.3, 0.4) is 0 Å². The maximum atomic E-state index is 14.9. The van der Waals surface area contributed by atoms with Crippen molar-refractivity contribution in [1.82, 2.24) is 8.87 Å². The summed E-state index contributed by atoms with van der Waals surface area (Å²) < 4.78 is 84.8. The van der Waals surface area contributed by atoms with E-state index in [4.69, 9.17) is 0 Å². The third-order valence-corrected chi connectivity index (χ3v) is 7.57. The van der Waals surface area contributed by atoms with Crippen LogP contribution in [0.4, 0.5) is 17.6 Å². The summed E-state index contributed by atoms with van der Waals surface area (Å²) in [5, 5.41) is 9.53. The smallest absolute Gasteiger partial charge is 0.323 e. The number of halogens is 4. The molecule has 1 aromatic heterocycles. The maximum Gasteiger partial charge on any atom is 0.323 e. The normalized spacial score (nSPS) is 17.4. The van der Waals surface area contributed by atoms with Crippen LogP contribution in [0.15, 0.2) is 35.2 Å². The quantitative estimate of drug-likeness (QED) is 0.591. The number of alkyl halides is 2. The molecule has 1 N–H and O–H groups in total. The number of hydrogen-bond acceptors (Lipinski definition) is 3. The summed E-state index contributed by atoms with van der Waals surface area (Å²) in [5.74, 6) is -6.28. The number of rotatable bonds is 4. The molecule has 0 bridgehead atoms. The van der Waals surface area contributed by atoms with Crippen LogP contribution in [0, 0.1) is 18.6 Å². The van der Waals surface area contributed by atoms with E-state index in [1.54, 1.807) is 6.92 Å². The lowest BCUT2D eigenvalue weighted by molar-refractivity contribution is -0.137. The molecule has 3 aromatic rings. The van der Waals surface area contributed by atoms with Gasteiger partial charge in [-0.2, -0.15) is 13.1 Å². The molecule has 0 saturated carbocycles. The molecule has 32 heavy (non-hydrogen) atoms. The molecular formula is C21H18F4N2O4S. The zero-order valence-corrected chi connectivity index (χ0v) is 17.8. The summed E-state index contributed by atoms with van der Waals surface area (Å²) in [5.41, 5.74) is 0.159. The van der Waals surface area contributed by atoms with E-state index in [1.165, 1.54) is 16.7 Å². The van der Waals surface area contributed by atoms with Gasteiger partial charge in [0.05, 0.1) is 11.4 Å². The molecule has 4 rings (SSSR count). The van der Waals surface area contributed by atoms with Gasteiger partial charge in [0.25, 0.3) is 5.92 Å². The van der Waals surface area contributed by atoms with Crippen molar-refractivity contribution in [2.24, 2.45) is 0 Å². The number of fused-ring (bicyclic) bond motifs is 2. The zero-order valence-electron chi connectivity index (χ0n) is 17.0. The third-order valence-electron chi connectivity index (χ3n) is 5.73. The summed E-state index contributed by atoms with van der Waals surface area (Å²) >= 11 is 0. The van der Waals surface area contributed by atoms with Crippen LogP contribution in [0.1, 0.15) is 22.4 Å². The highest BCUT2D eigenvalue weighted by molar-refractivity contribution is 7.89. The van der Waals surface area contributed by atoms with Crippen molar-refractivity contribution in [1.29, 1.82) is 0 Å². The van der Waals surface area contributed by atoms with Crippen molar-refractivity contribution in [2.45, 2.75) is 30.7 Å². The van der Waals surface area contributed by atoms with Crippen LogP contribution in [-0.4, -0.2) is 42.0 Å². The van der Waals surface area contributed by atoms with E-state index in [0.29, 0.717) is 32.5 Å². The van der Waals surface area contributed by atoms with E-state index in [9.17, 15) is 35.9 Å². The second-order valence-electron chi connectivity index (χ2n) is 7.79. The van der Waals surface area contributed by atoms with Crippen LogP contribution in [0.5, 0.6) is 0 Å². The van der Waals surface area contributed by atoms with Gasteiger partial charge in [-0.1, -0.05) is 0 Å². The van der Waals surface area contributed by atoms with Gasteiger partial charge in [-0.3, -0.25) is 4.79 Å². The first kappa shape index (κ1) is 22.3. The lowest BCUT2D eigenvalue weighted by Crippen LogP contribution is -2.43. The Balaban J connectivity index is 1.90. The highest BCUT2D eigenvalue weighted by Gasteiger charge is 2.46. The lowest BCUT2D eigenvalue weighted by Gasteiger charge is -2.31. The average Bonchev–Trinajstić information content (AvgIpc) is 2.92. The van der Waals surface area contributed by atoms with Crippen molar-refractivity contribution in [2.75, 3.05) is 13.6 Å². The predicted molar refractivity (Wildman–Crippen MR) is 107 cm³/mol. The SMILES string of the molecule is Cc1c(Cc2cc3c(cc2F)S(=O)(=O)N(C)CC3(F)F)c2cc(F)ccc2n1CC(=O)O. The van der Waals surface area contributed by atoms with Gasteiger partial charge in [0.15, 0.2) is 0 Å². The Morgan fingerprint density at radius 2 is 1.88 bits per heavy atom. The van der Waals surface area contributed by atoms with Crippen molar-refractivity contribution in [3.63, 3.8) is 0 Å². The summed E-state index contributed by atoms with van der Waals surface area (Å²) in [7, 11) is -3.27. The third kappa shape index (κ3) is 3.45. The number of aromatic nitrogens is 1. The first-order valence-electron chi connectivity index (χ1n) is 9.49. The number of benzene rings is 2. The van der Waals surface area contributed by atoms with Crippen LogP contribution in [0.25, 0.3) is 10.9 Å². The van der Waals surface area contributed by atoms with Gasteiger partial charge in [-0.25, -0.2) is 17.2 Å². The van der Waals surface area contributed by atoms with Gasteiger partial charge < -0.3 is 9.67 Å². The Morgan fingerprint density at radius 1 is 1.19 bits per heavy atom. The minimum absolute atomic E-state index is 0.204. The van der Waals surface area contributed by atoms with Crippen LogP contribution < -0.4 is 0 Å². The van der Waals surface area contributed by atoms with Gasteiger partial charge in [0, 0.05) is 35.6 Å². The fraction of sp³-hybridized carbons (Fsp3) is 0.286. The summed E-state index contributed by atoms with van der Waals surface area (Å²) in [6, 6.07) is 5.12. The van der Waals surface area contributed by atoms with Gasteiger partial charge in [-0.05, 0) is 48.4 Å². The zero-order chi connectivity index (χ0) is 23.6. The predicted octanol–water partition coefficient (Wildman–Crippen LogP) is 3.63. The van der Waals surface area contributed by atoms with E-state index in [-0.39, 0.29) is 12.0 Å². The molecular weight excluding hydrogens is 452 g/mol. The van der Waals surface area contributed by atoms with Crippen LogP contribution >= 0.6 is 0 Å². The number of nitrogens with zero attached hydrogens (tertiary/aromatic N) is 2. The second kappa shape index (κ2) is 7.31. The van der Waals surface area contributed by atoms with Gasteiger partial charge >= 0.3 is 5.97 Å². The monoisotopic (exact) mass is 470 g/mol. The molecule has 1 aliphatic heterocycles. The molecule has 0 amide bonds. The lowest BCUT2D eigenvalue weighted by atomic mass is 9.97. The molecule has 6 nitrogen and oxygen atoms in total. The standard InChI is InChI=1S/C21H18F4N2O4S/c1-11-14(15-7-13(22)3-4-18(15)27(11)9-20(28)29)5-12-6-16-19(8-17(12)23)32(30,31)26(2)10-21(16,24)25/h3-4,6-8H,5,9-10H2,1-2H3,(H,28,29). The molecule has 2 heterocycles. The van der Waals surface area contributed by atoms with Gasteiger partial charge in [0.2, 0.25) is 10.0 Å². The van der Waals surface area contributed by atoms with E-state index in [1.807, 2.05) is 0 Å². The Hall–Kier alpha value is -2.92. The molecule has 1 aliphatic rings. The molecule has 2 aromatic carbocycles. The highest BCUT2D eigenvalue weighted by atomic mass is 32.2. The maximum absolute atomic E-state index is 14.9. The summed E-state index contributed by atoms with van der Waals surface area (Å²) in [6.07, 6.45) is -0.260. The first-order chi connectivity index (χ1) is 14.8. The van der Waals surface area contributed by atoms with E-state index < -0.39 is 57.1 Å². The number of hydrogen-bond donors (Lipinski definition) is 1. The topological polar surface area (TPSA) is 79.6 Å². The van der Waals surface area contributed by atoms with Gasteiger partial charge in [0.1, 0.15) is 18.2 Å². The van der Waals surface area contributed by atoms with Gasteiger partial charge in [-0.15, -0.1) is 0 Å². The number of carboxylic acids is 1. The Kier molecular flexibility index (Phi) is 5.09. The Morgan fingerprint density at radius 3 is 2.53 bits per heavy atom. The minimum Gasteiger partial charge on any atom is -0.480 e. The highest BCUT2D eigenvalue weighted by Crippen LogP contribution is 2.41. The molecule has 0 fully saturated rings. The fourth-order valence-corrected chi connectivity index (χ4v) is 5.54. The van der Waals surface area contributed by atoms with Crippen LogP contribution in [-0.2, 0) is 33.7 Å². The largest absolute Gasteiger partial charge is 0.480 e. The van der Waals surface area contributed by atoms with Crippen molar-refractivity contribution < 1.29 is 35.9 Å². The first-order valence-corrected chi connectivity index (χ1v) is 10.9. The number of likely N-dealkylation sites (N-methyl/N-ethyl adjacent to an activating group) is 1. The van der Waals surface area contributed by atoms with Crippen molar-refractivity contribution in [3.8, 4) is 0 Å². The molecule has 0 saturated heterocycles. The van der Waals surface area contributed by atoms with Crippen LogP contribution in [0.2, 0.25) is 0 Å². The van der Waals surface area contributed by atoms with Crippen molar-refractivity contribution in [3.05, 3.63) is 64.4 Å². The molecule has 0 unspecified atom stereocenters. The number of sulfonamides is 1. The fourth-order valence-electron chi connectivity index (χ4n) is 4.13. The Bertz CT molecular complexity index is 1380. The number of carboxylic acid groups (broad SMARTS) is 1. The second-order valence-corrected chi connectivity index (χ2v) is 9.80. The van der Waals surface area contributed by atoms with E-state index in [0.717, 1.165) is 19.2 Å². The van der Waals surface area contributed by atoms with E-state index in [2.05, 4.69) is 0 Å². The Labute approximate surface area is 180 Å². The number of aliphatic carboxylic acids is 1. The number of carbonyl (C=O) groups is 1. The molecule has 0 atom stereocenters. The minimum atomic E-state index is -4.27. The summed E-state index contributed by atoms with van der Waals surface area (Å²) in [4.78, 5) is 10.5. The molecule has 0 aliphatic carbocycles. The van der Waals surface area contributed by atoms with E-state index >= 15 is 0 Å². The average molecular weight is 470 g/mol.